The lowest BCUT2D eigenvalue weighted by Gasteiger charge is -2.04. The van der Waals surface area contributed by atoms with E-state index in [2.05, 4.69) is 33.1 Å². The molecule has 0 bridgehead atoms. The minimum Gasteiger partial charge on any atom is -0.334 e. The van der Waals surface area contributed by atoms with Crippen LogP contribution in [0.25, 0.3) is 0 Å². The molecular formula is C12H13BrN2O2S. The first-order valence-electron chi connectivity index (χ1n) is 5.19. The van der Waals surface area contributed by atoms with Gasteiger partial charge < -0.3 is 5.32 Å². The molecule has 1 rings (SSSR count). The van der Waals surface area contributed by atoms with Gasteiger partial charge in [0.2, 0.25) is 5.91 Å². The molecule has 0 spiro atoms. The van der Waals surface area contributed by atoms with E-state index in [1.165, 1.54) is 11.8 Å². The van der Waals surface area contributed by atoms with Gasteiger partial charge in [-0.2, -0.15) is 0 Å². The van der Waals surface area contributed by atoms with E-state index in [4.69, 9.17) is 0 Å². The molecule has 0 aliphatic heterocycles. The lowest BCUT2D eigenvalue weighted by Crippen LogP contribution is -2.40. The molecular weight excluding hydrogens is 316 g/mol. The van der Waals surface area contributed by atoms with Crippen LogP contribution in [0.4, 0.5) is 4.79 Å². The van der Waals surface area contributed by atoms with Gasteiger partial charge in [-0.25, -0.2) is 4.79 Å². The highest BCUT2D eigenvalue weighted by atomic mass is 79.9. The second kappa shape index (κ2) is 7.94. The van der Waals surface area contributed by atoms with Crippen molar-refractivity contribution in [3.63, 3.8) is 0 Å². The van der Waals surface area contributed by atoms with Crippen molar-refractivity contribution in [3.05, 3.63) is 41.4 Å². The van der Waals surface area contributed by atoms with E-state index in [1.54, 1.807) is 6.08 Å². The van der Waals surface area contributed by atoms with Crippen molar-refractivity contribution in [1.82, 2.24) is 10.6 Å². The maximum absolute atomic E-state index is 11.4. The third-order valence-electron chi connectivity index (χ3n) is 1.84. The fourth-order valence-corrected chi connectivity index (χ4v) is 2.01. The molecule has 4 nitrogen and oxygen atoms in total. The average Bonchev–Trinajstić information content (AvgIpc) is 2.35. The Morgan fingerprint density at radius 2 is 2.00 bits per heavy atom. The van der Waals surface area contributed by atoms with Crippen molar-refractivity contribution >= 4 is 39.6 Å². The highest BCUT2D eigenvalue weighted by Crippen LogP contribution is 2.20. The second-order valence-corrected chi connectivity index (χ2v) is 5.25. The van der Waals surface area contributed by atoms with Crippen LogP contribution in [-0.2, 0) is 4.79 Å². The number of rotatable bonds is 5. The minimum atomic E-state index is -0.503. The Bertz CT molecular complexity index is 434. The number of benzene rings is 1. The molecule has 18 heavy (non-hydrogen) atoms. The van der Waals surface area contributed by atoms with E-state index in [-0.39, 0.29) is 11.7 Å². The maximum Gasteiger partial charge on any atom is 0.321 e. The zero-order valence-corrected chi connectivity index (χ0v) is 12.0. The molecule has 0 fully saturated rings. The summed E-state index contributed by atoms with van der Waals surface area (Å²) in [6, 6.07) is 7.10. The van der Waals surface area contributed by atoms with Gasteiger partial charge in [-0.05, 0) is 24.3 Å². The van der Waals surface area contributed by atoms with Crippen LogP contribution in [0.2, 0.25) is 0 Å². The third-order valence-corrected chi connectivity index (χ3v) is 3.38. The van der Waals surface area contributed by atoms with Gasteiger partial charge in [-0.1, -0.05) is 22.0 Å². The largest absolute Gasteiger partial charge is 0.334 e. The zero-order chi connectivity index (χ0) is 13.4. The molecule has 1 aromatic rings. The van der Waals surface area contributed by atoms with Crippen LogP contribution in [0.15, 0.2) is 46.3 Å². The Kier molecular flexibility index (Phi) is 6.53. The summed E-state index contributed by atoms with van der Waals surface area (Å²) in [6.07, 6.45) is 1.54. The topological polar surface area (TPSA) is 58.2 Å². The molecule has 0 saturated carbocycles. The Hall–Kier alpha value is -1.27. The average molecular weight is 329 g/mol. The zero-order valence-electron chi connectivity index (χ0n) is 9.61. The van der Waals surface area contributed by atoms with Crippen molar-refractivity contribution in [3.8, 4) is 0 Å². The molecule has 96 valence electrons. The quantitative estimate of drug-likeness (QED) is 0.645. The molecule has 6 heteroatoms. The highest BCUT2D eigenvalue weighted by Gasteiger charge is 2.06. The Morgan fingerprint density at radius 3 is 2.61 bits per heavy atom. The summed E-state index contributed by atoms with van der Waals surface area (Å²) in [7, 11) is 0. The molecule has 0 radical (unpaired) electrons. The van der Waals surface area contributed by atoms with Gasteiger partial charge in [-0.3, -0.25) is 10.1 Å². The summed E-state index contributed by atoms with van der Waals surface area (Å²) in [5, 5.41) is 4.69. The number of imide groups is 1. The van der Waals surface area contributed by atoms with E-state index in [9.17, 15) is 9.59 Å². The predicted molar refractivity (Wildman–Crippen MR) is 76.6 cm³/mol. The van der Waals surface area contributed by atoms with E-state index in [0.29, 0.717) is 6.54 Å². The number of thioether (sulfide) groups is 1. The van der Waals surface area contributed by atoms with Crippen LogP contribution >= 0.6 is 27.7 Å². The highest BCUT2D eigenvalue weighted by molar-refractivity contribution is 9.10. The van der Waals surface area contributed by atoms with Crippen molar-refractivity contribution < 1.29 is 9.59 Å². The molecule has 0 atom stereocenters. The fraction of sp³-hybridized carbons (Fsp3) is 0.167. The molecule has 0 aliphatic rings. The van der Waals surface area contributed by atoms with Crippen LogP contribution in [-0.4, -0.2) is 24.2 Å². The molecule has 2 N–H and O–H groups in total. The summed E-state index contributed by atoms with van der Waals surface area (Å²) in [6.45, 7) is 3.79. The summed E-state index contributed by atoms with van der Waals surface area (Å²) in [4.78, 5) is 23.6. The van der Waals surface area contributed by atoms with Crippen molar-refractivity contribution in [1.29, 1.82) is 0 Å². The SMILES string of the molecule is C=CCNC(=O)NC(=O)CSc1ccc(Br)cc1. The second-order valence-electron chi connectivity index (χ2n) is 3.29. The molecule has 0 heterocycles. The summed E-state index contributed by atoms with van der Waals surface area (Å²) < 4.78 is 0.986. The first-order chi connectivity index (χ1) is 8.61. The van der Waals surface area contributed by atoms with Crippen LogP contribution in [0.3, 0.4) is 0 Å². The molecule has 0 aliphatic carbocycles. The number of nitrogens with one attached hydrogen (secondary N) is 2. The lowest BCUT2D eigenvalue weighted by atomic mass is 10.4. The monoisotopic (exact) mass is 328 g/mol. The van der Waals surface area contributed by atoms with Crippen LogP contribution in [0, 0.1) is 0 Å². The van der Waals surface area contributed by atoms with Gasteiger partial charge in [0.15, 0.2) is 0 Å². The van der Waals surface area contributed by atoms with Crippen LogP contribution in [0.1, 0.15) is 0 Å². The molecule has 0 aromatic heterocycles. The Morgan fingerprint density at radius 1 is 1.33 bits per heavy atom. The number of amides is 3. The molecule has 0 saturated heterocycles. The Labute approximate surface area is 118 Å². The van der Waals surface area contributed by atoms with Crippen LogP contribution < -0.4 is 10.6 Å². The van der Waals surface area contributed by atoms with Crippen molar-refractivity contribution in [2.75, 3.05) is 12.3 Å². The Balaban J connectivity index is 2.30. The van der Waals surface area contributed by atoms with E-state index >= 15 is 0 Å². The van der Waals surface area contributed by atoms with Gasteiger partial charge in [0.1, 0.15) is 0 Å². The molecule has 1 aromatic carbocycles. The number of hydrogen-bond acceptors (Lipinski definition) is 3. The standard InChI is InChI=1S/C12H13BrN2O2S/c1-2-7-14-12(17)15-11(16)8-18-10-5-3-9(13)4-6-10/h2-6H,1,7-8H2,(H2,14,15,16,17). The van der Waals surface area contributed by atoms with Crippen molar-refractivity contribution in [2.24, 2.45) is 0 Å². The van der Waals surface area contributed by atoms with Crippen molar-refractivity contribution in [2.45, 2.75) is 4.90 Å². The normalized spacial score (nSPS) is 9.61. The number of halogens is 1. The third kappa shape index (κ3) is 5.88. The predicted octanol–water partition coefficient (Wildman–Crippen LogP) is 2.55. The van der Waals surface area contributed by atoms with Gasteiger partial charge in [-0.15, -0.1) is 18.3 Å². The van der Waals surface area contributed by atoms with Gasteiger partial charge >= 0.3 is 6.03 Å². The smallest absolute Gasteiger partial charge is 0.321 e. The molecule has 0 unspecified atom stereocenters. The number of hydrogen-bond donors (Lipinski definition) is 2. The maximum atomic E-state index is 11.4. The fourth-order valence-electron chi connectivity index (χ4n) is 1.05. The van der Waals surface area contributed by atoms with Gasteiger partial charge in [0.05, 0.1) is 5.75 Å². The van der Waals surface area contributed by atoms with Crippen LogP contribution in [0.5, 0.6) is 0 Å². The number of carbonyl (C=O) groups is 2. The number of carbonyl (C=O) groups excluding carboxylic acids is 2. The lowest BCUT2D eigenvalue weighted by molar-refractivity contribution is -0.117. The first kappa shape index (κ1) is 14.8. The van der Waals surface area contributed by atoms with Gasteiger partial charge in [0, 0.05) is 15.9 Å². The van der Waals surface area contributed by atoms with E-state index in [0.717, 1.165) is 9.37 Å². The minimum absolute atomic E-state index is 0.198. The summed E-state index contributed by atoms with van der Waals surface area (Å²) in [5.74, 6) is -0.132. The van der Waals surface area contributed by atoms with E-state index < -0.39 is 6.03 Å². The summed E-state index contributed by atoms with van der Waals surface area (Å²) >= 11 is 4.70. The summed E-state index contributed by atoms with van der Waals surface area (Å²) in [5.41, 5.74) is 0. The van der Waals surface area contributed by atoms with Gasteiger partial charge in [0.25, 0.3) is 0 Å². The molecule has 3 amide bonds. The van der Waals surface area contributed by atoms with E-state index in [1.807, 2.05) is 24.3 Å². The first-order valence-corrected chi connectivity index (χ1v) is 6.96. The number of urea groups is 1.